The van der Waals surface area contributed by atoms with Gasteiger partial charge in [0.25, 0.3) is 5.56 Å². The topological polar surface area (TPSA) is 296 Å². The second-order valence-electron chi connectivity index (χ2n) is 9.41. The molecule has 0 aromatic carbocycles. The molecular formula is C20H25FN11O10P. The largest absolute Gasteiger partial charge is 0.472 e. The van der Waals surface area contributed by atoms with E-state index in [4.69, 9.17) is 34.7 Å². The maximum atomic E-state index is 15.6. The van der Waals surface area contributed by atoms with E-state index in [-0.39, 0.29) is 40.7 Å². The summed E-state index contributed by atoms with van der Waals surface area (Å²) in [5.41, 5.74) is 10.6. The highest BCUT2D eigenvalue weighted by atomic mass is 31.2. The van der Waals surface area contributed by atoms with Crippen LogP contribution in [0.1, 0.15) is 19.4 Å². The zero-order valence-corrected chi connectivity index (χ0v) is 22.8. The molecule has 232 valence electrons. The number of rotatable bonds is 9. The maximum Gasteiger partial charge on any atom is 0.472 e. The molecule has 23 heteroatoms. The number of H-pyrrole nitrogens is 1. The third kappa shape index (κ3) is 5.21. The molecular weight excluding hydrogens is 604 g/mol. The highest BCUT2D eigenvalue weighted by molar-refractivity contribution is 7.47. The van der Waals surface area contributed by atoms with Crippen LogP contribution in [0.5, 0.6) is 0 Å². The number of phosphoric acid groups is 1. The Hall–Kier alpha value is -3.73. The lowest BCUT2D eigenvalue weighted by atomic mass is 10.1. The molecule has 6 rings (SSSR count). The number of aliphatic hydroxyl groups excluding tert-OH is 2. The molecule has 0 spiro atoms. The fraction of sp³-hybridized carbons (Fsp3) is 0.550. The van der Waals surface area contributed by atoms with Crippen LogP contribution in [0.3, 0.4) is 0 Å². The summed E-state index contributed by atoms with van der Waals surface area (Å²) in [5.74, 6) is -0.235. The van der Waals surface area contributed by atoms with Gasteiger partial charge in [0.15, 0.2) is 47.5 Å². The highest BCUT2D eigenvalue weighted by Gasteiger charge is 2.51. The molecule has 2 saturated heterocycles. The summed E-state index contributed by atoms with van der Waals surface area (Å²) >= 11 is 0. The number of fused-ring (bicyclic) bond motifs is 2. The molecule has 2 aliphatic heterocycles. The standard InChI is InChI=1S/C20H25FN11O10P/c1-2-38-11-6(40-17(7(11)21)31-5-26-8-13(22)24-4-25-14(8)31)3-39-43(36,37)42-12-10(33)19(35)41-18(12)32-15-9(29-30-32)16(34)28-20(23)27-15/h4-7,10-12,17-19,33,35H,2-3H2,1H3,(H,36,37)(H2,22,24,25)(H3,23,27,28,34). The Labute approximate surface area is 238 Å². The van der Waals surface area contributed by atoms with Crippen LogP contribution >= 0.6 is 7.82 Å². The van der Waals surface area contributed by atoms with Gasteiger partial charge in [0.2, 0.25) is 5.95 Å². The lowest BCUT2D eigenvalue weighted by molar-refractivity contribution is -0.143. The van der Waals surface area contributed by atoms with Gasteiger partial charge in [-0.05, 0) is 6.92 Å². The number of nitrogens with zero attached hydrogens (tertiary/aromatic N) is 8. The van der Waals surface area contributed by atoms with Gasteiger partial charge in [-0.3, -0.25) is 23.4 Å². The number of nitrogens with one attached hydrogen (secondary N) is 1. The van der Waals surface area contributed by atoms with Gasteiger partial charge in [0.05, 0.1) is 12.9 Å². The number of aliphatic hydroxyl groups is 2. The zero-order valence-electron chi connectivity index (χ0n) is 21.9. The third-order valence-electron chi connectivity index (χ3n) is 6.73. The number of ether oxygens (including phenoxy) is 3. The average molecular weight is 629 g/mol. The Bertz CT molecular complexity index is 1750. The van der Waals surface area contributed by atoms with Gasteiger partial charge in [0.1, 0.15) is 36.3 Å². The van der Waals surface area contributed by atoms with Gasteiger partial charge in [-0.1, -0.05) is 5.21 Å². The quantitative estimate of drug-likeness (QED) is 0.108. The molecule has 0 radical (unpaired) electrons. The van der Waals surface area contributed by atoms with Crippen molar-refractivity contribution < 1.29 is 47.3 Å². The van der Waals surface area contributed by atoms with Gasteiger partial charge >= 0.3 is 7.82 Å². The molecule has 9 unspecified atom stereocenters. The van der Waals surface area contributed by atoms with Crippen molar-refractivity contribution in [2.24, 2.45) is 0 Å². The SMILES string of the molecule is CCOC1C(COP(=O)(O)OC2C(O)C(O)OC2n2nnc3c(=O)[nH]c(N)nc32)OC(n2cnc3c(N)ncnc32)C1F. The van der Waals surface area contributed by atoms with Gasteiger partial charge in [-0.15, -0.1) is 5.10 Å². The van der Waals surface area contributed by atoms with Crippen molar-refractivity contribution in [1.82, 2.24) is 44.5 Å². The fourth-order valence-electron chi connectivity index (χ4n) is 4.82. The predicted octanol–water partition coefficient (Wildman–Crippen LogP) is -2.13. The van der Waals surface area contributed by atoms with E-state index in [2.05, 4.69) is 35.2 Å². The van der Waals surface area contributed by atoms with E-state index in [9.17, 15) is 24.5 Å². The summed E-state index contributed by atoms with van der Waals surface area (Å²) in [7, 11) is -5.11. The van der Waals surface area contributed by atoms with Gasteiger partial charge < -0.3 is 40.8 Å². The van der Waals surface area contributed by atoms with Crippen LogP contribution < -0.4 is 17.0 Å². The first kappa shape index (κ1) is 29.3. The maximum absolute atomic E-state index is 15.6. The van der Waals surface area contributed by atoms with Gasteiger partial charge in [-0.25, -0.2) is 23.9 Å². The number of hydrogen-bond donors (Lipinski definition) is 6. The van der Waals surface area contributed by atoms with E-state index in [1.807, 2.05) is 0 Å². The number of nitrogens with two attached hydrogens (primary N) is 2. The Morgan fingerprint density at radius 2 is 1.93 bits per heavy atom. The number of alkyl halides is 1. The molecule has 8 N–H and O–H groups in total. The summed E-state index contributed by atoms with van der Waals surface area (Å²) < 4.78 is 57.6. The first-order chi connectivity index (χ1) is 20.5. The number of hydrogen-bond acceptors (Lipinski definition) is 17. The molecule has 4 aromatic rings. The second-order valence-corrected chi connectivity index (χ2v) is 10.8. The molecule has 0 amide bonds. The molecule has 0 aliphatic carbocycles. The minimum absolute atomic E-state index is 0.0724. The van der Waals surface area contributed by atoms with Crippen LogP contribution in [0.25, 0.3) is 22.3 Å². The minimum Gasteiger partial charge on any atom is -0.385 e. The molecule has 4 aromatic heterocycles. The van der Waals surface area contributed by atoms with Crippen molar-refractivity contribution in [3.8, 4) is 0 Å². The van der Waals surface area contributed by atoms with Crippen LogP contribution in [0.15, 0.2) is 17.4 Å². The smallest absolute Gasteiger partial charge is 0.385 e. The Balaban J connectivity index is 1.20. The van der Waals surface area contributed by atoms with Crippen molar-refractivity contribution in [1.29, 1.82) is 0 Å². The number of anilines is 2. The summed E-state index contributed by atoms with van der Waals surface area (Å²) in [6.07, 6.45) is -10.4. The number of aromatic amines is 1. The first-order valence-corrected chi connectivity index (χ1v) is 14.1. The summed E-state index contributed by atoms with van der Waals surface area (Å²) in [5, 5.41) is 28.0. The van der Waals surface area contributed by atoms with Crippen LogP contribution in [-0.4, -0.2) is 110 Å². The average Bonchev–Trinajstić information content (AvgIpc) is 3.70. The number of phosphoric ester groups is 1. The van der Waals surface area contributed by atoms with Crippen molar-refractivity contribution in [3.63, 3.8) is 0 Å². The molecule has 2 fully saturated rings. The summed E-state index contributed by atoms with van der Waals surface area (Å²) in [4.78, 5) is 40.8. The molecule has 21 nitrogen and oxygen atoms in total. The normalized spacial score (nSPS) is 30.8. The number of aromatic nitrogens is 9. The lowest BCUT2D eigenvalue weighted by Gasteiger charge is -2.24. The summed E-state index contributed by atoms with van der Waals surface area (Å²) in [6.45, 7) is 0.981. The van der Waals surface area contributed by atoms with E-state index in [0.29, 0.717) is 0 Å². The summed E-state index contributed by atoms with van der Waals surface area (Å²) in [6, 6.07) is 0. The van der Waals surface area contributed by atoms with E-state index in [1.54, 1.807) is 6.92 Å². The van der Waals surface area contributed by atoms with Crippen LogP contribution in [-0.2, 0) is 27.8 Å². The second kappa shape index (κ2) is 11.1. The molecule has 0 saturated carbocycles. The van der Waals surface area contributed by atoms with Crippen molar-refractivity contribution in [3.05, 3.63) is 23.0 Å². The highest BCUT2D eigenvalue weighted by Crippen LogP contribution is 2.50. The van der Waals surface area contributed by atoms with Crippen LogP contribution in [0.2, 0.25) is 0 Å². The van der Waals surface area contributed by atoms with Gasteiger partial charge in [-0.2, -0.15) is 9.67 Å². The first-order valence-electron chi connectivity index (χ1n) is 12.6. The molecule has 43 heavy (non-hydrogen) atoms. The van der Waals surface area contributed by atoms with Crippen LogP contribution in [0.4, 0.5) is 16.2 Å². The van der Waals surface area contributed by atoms with E-state index < -0.39 is 69.3 Å². The Morgan fingerprint density at radius 1 is 1.14 bits per heavy atom. The molecule has 6 heterocycles. The minimum atomic E-state index is -5.11. The molecule has 9 atom stereocenters. The number of halogens is 1. The third-order valence-corrected chi connectivity index (χ3v) is 7.71. The Kier molecular flexibility index (Phi) is 7.56. The van der Waals surface area contributed by atoms with Crippen molar-refractivity contribution in [2.75, 3.05) is 24.7 Å². The molecule has 0 bridgehead atoms. The van der Waals surface area contributed by atoms with Crippen LogP contribution in [0, 0.1) is 0 Å². The Morgan fingerprint density at radius 3 is 2.70 bits per heavy atom. The number of nitrogen functional groups attached to an aromatic ring is 2. The lowest BCUT2D eigenvalue weighted by Crippen LogP contribution is -2.36. The van der Waals surface area contributed by atoms with Crippen molar-refractivity contribution >= 4 is 41.9 Å². The van der Waals surface area contributed by atoms with E-state index >= 15 is 4.39 Å². The number of imidazole rings is 1. The monoisotopic (exact) mass is 629 g/mol. The van der Waals surface area contributed by atoms with E-state index in [1.165, 1.54) is 17.2 Å². The van der Waals surface area contributed by atoms with Gasteiger partial charge in [0, 0.05) is 6.61 Å². The molecule has 2 aliphatic rings. The fourth-order valence-corrected chi connectivity index (χ4v) is 5.76. The predicted molar refractivity (Wildman–Crippen MR) is 137 cm³/mol. The van der Waals surface area contributed by atoms with E-state index in [0.717, 1.165) is 4.68 Å². The zero-order chi connectivity index (χ0) is 30.6. The van der Waals surface area contributed by atoms with Crippen molar-refractivity contribution in [2.45, 2.75) is 56.3 Å².